The normalized spacial score (nSPS) is 15.5. The zero-order valence-electron chi connectivity index (χ0n) is 16.7. The number of nitrogens with zero attached hydrogens (tertiary/aromatic N) is 2. The average molecular weight is 459 g/mol. The minimum absolute atomic E-state index is 0.165. The van der Waals surface area contributed by atoms with Crippen molar-refractivity contribution in [1.82, 2.24) is 9.80 Å². The molecule has 2 aromatic carbocycles. The quantitative estimate of drug-likeness (QED) is 0.537. The number of rotatable bonds is 8. The molecule has 0 bridgehead atoms. The van der Waals surface area contributed by atoms with Gasteiger partial charge in [-0.25, -0.2) is 8.78 Å². The first-order valence-corrected chi connectivity index (χ1v) is 10.2. The zero-order chi connectivity index (χ0) is 22.4. The van der Waals surface area contributed by atoms with E-state index in [9.17, 15) is 22.4 Å². The van der Waals surface area contributed by atoms with Gasteiger partial charge in [0.25, 0.3) is 5.91 Å². The van der Waals surface area contributed by atoms with E-state index in [2.05, 4.69) is 4.90 Å². The molecule has 31 heavy (non-hydrogen) atoms. The third kappa shape index (κ3) is 6.66. The molecule has 1 saturated heterocycles. The molecule has 3 rings (SSSR count). The first kappa shape index (κ1) is 23.5. The summed E-state index contributed by atoms with van der Waals surface area (Å²) in [4.78, 5) is 16.8. The molecule has 0 atom stereocenters. The summed E-state index contributed by atoms with van der Waals surface area (Å²) in [6.07, 6.45) is -3.78. The highest BCUT2D eigenvalue weighted by Crippen LogP contribution is 2.23. The summed E-state index contributed by atoms with van der Waals surface area (Å²) >= 11 is 6.02. The summed E-state index contributed by atoms with van der Waals surface area (Å²) in [5.74, 6) is -4.36. The van der Waals surface area contributed by atoms with Crippen LogP contribution in [0.1, 0.15) is 21.5 Å². The van der Waals surface area contributed by atoms with Crippen molar-refractivity contribution in [3.05, 3.63) is 70.2 Å². The van der Waals surface area contributed by atoms with Crippen LogP contribution in [0.4, 0.5) is 17.6 Å². The maximum absolute atomic E-state index is 12.9. The van der Waals surface area contributed by atoms with Crippen LogP contribution in [0, 0.1) is 0 Å². The molecule has 0 unspecified atom stereocenters. The lowest BCUT2D eigenvalue weighted by atomic mass is 10.1. The molecule has 0 saturated carbocycles. The van der Waals surface area contributed by atoms with Crippen molar-refractivity contribution in [2.45, 2.75) is 25.5 Å². The third-order valence-corrected chi connectivity index (χ3v) is 5.25. The molecule has 0 aromatic heterocycles. The molecule has 1 amide bonds. The van der Waals surface area contributed by atoms with Crippen LogP contribution in [-0.4, -0.2) is 60.8 Å². The molecule has 4 nitrogen and oxygen atoms in total. The highest BCUT2D eigenvalue weighted by Gasteiger charge is 2.40. The Kier molecular flexibility index (Phi) is 7.91. The van der Waals surface area contributed by atoms with E-state index in [0.29, 0.717) is 42.3 Å². The van der Waals surface area contributed by atoms with Gasteiger partial charge in [0.05, 0.1) is 6.61 Å². The Labute approximate surface area is 183 Å². The number of ether oxygens (including phenoxy) is 1. The molecule has 168 valence electrons. The smallest absolute Gasteiger partial charge is 0.330 e. The molecular formula is C22H23ClF4N2O2. The zero-order valence-corrected chi connectivity index (χ0v) is 17.5. The second-order valence-corrected chi connectivity index (χ2v) is 7.89. The second kappa shape index (κ2) is 10.4. The topological polar surface area (TPSA) is 32.8 Å². The summed E-state index contributed by atoms with van der Waals surface area (Å²) in [5, 5.41) is 0.688. The lowest BCUT2D eigenvalue weighted by Crippen LogP contribution is -2.48. The number of piperazine rings is 1. The van der Waals surface area contributed by atoms with Crippen LogP contribution < -0.4 is 0 Å². The number of alkyl halides is 4. The minimum Gasteiger partial charge on any atom is -0.370 e. The molecule has 1 aliphatic heterocycles. The van der Waals surface area contributed by atoms with Crippen LogP contribution >= 0.6 is 11.6 Å². The molecule has 1 fully saturated rings. The number of benzene rings is 2. The minimum atomic E-state index is -4.20. The molecule has 0 radical (unpaired) electrons. The fourth-order valence-corrected chi connectivity index (χ4v) is 3.56. The maximum Gasteiger partial charge on any atom is 0.330 e. The molecule has 0 aliphatic carbocycles. The van der Waals surface area contributed by atoms with E-state index in [0.717, 1.165) is 12.1 Å². The van der Waals surface area contributed by atoms with Gasteiger partial charge in [-0.05, 0) is 35.4 Å². The van der Waals surface area contributed by atoms with Gasteiger partial charge in [0.1, 0.15) is 6.61 Å². The van der Waals surface area contributed by atoms with Crippen LogP contribution in [-0.2, 0) is 17.9 Å². The van der Waals surface area contributed by atoms with Gasteiger partial charge in [0, 0.05) is 43.3 Å². The number of carbonyl (C=O) groups is 1. The van der Waals surface area contributed by atoms with Gasteiger partial charge in [-0.2, -0.15) is 8.78 Å². The Morgan fingerprint density at radius 3 is 2.39 bits per heavy atom. The van der Waals surface area contributed by atoms with E-state index < -0.39 is 19.0 Å². The van der Waals surface area contributed by atoms with Gasteiger partial charge < -0.3 is 9.64 Å². The summed E-state index contributed by atoms with van der Waals surface area (Å²) in [6.45, 7) is 1.63. The van der Waals surface area contributed by atoms with E-state index in [1.807, 2.05) is 24.3 Å². The maximum atomic E-state index is 12.9. The summed E-state index contributed by atoms with van der Waals surface area (Å²) in [7, 11) is 0. The second-order valence-electron chi connectivity index (χ2n) is 7.45. The van der Waals surface area contributed by atoms with Crippen LogP contribution in [0.15, 0.2) is 48.5 Å². The first-order valence-electron chi connectivity index (χ1n) is 9.83. The van der Waals surface area contributed by atoms with Gasteiger partial charge in [-0.15, -0.1) is 0 Å². The monoisotopic (exact) mass is 458 g/mol. The number of amides is 1. The van der Waals surface area contributed by atoms with Crippen molar-refractivity contribution >= 4 is 17.5 Å². The highest BCUT2D eigenvalue weighted by atomic mass is 35.5. The predicted molar refractivity (Wildman–Crippen MR) is 110 cm³/mol. The van der Waals surface area contributed by atoms with Crippen molar-refractivity contribution in [2.24, 2.45) is 0 Å². The molecular weight excluding hydrogens is 436 g/mol. The van der Waals surface area contributed by atoms with Crippen molar-refractivity contribution in [1.29, 1.82) is 0 Å². The molecule has 9 heteroatoms. The van der Waals surface area contributed by atoms with E-state index >= 15 is 0 Å². The van der Waals surface area contributed by atoms with Gasteiger partial charge in [0.15, 0.2) is 0 Å². The Balaban J connectivity index is 1.51. The van der Waals surface area contributed by atoms with Gasteiger partial charge in [-0.1, -0.05) is 35.9 Å². The summed E-state index contributed by atoms with van der Waals surface area (Å²) in [6, 6.07) is 14.1. The first-order chi connectivity index (χ1) is 14.7. The van der Waals surface area contributed by atoms with Crippen molar-refractivity contribution < 1.29 is 27.1 Å². The molecule has 1 aliphatic rings. The van der Waals surface area contributed by atoms with Crippen molar-refractivity contribution in [3.8, 4) is 0 Å². The SMILES string of the molecule is O=C(c1cccc(COCC(F)(F)C(F)F)c1)N1CCN(Cc2cccc(Cl)c2)CC1. The fraction of sp³-hybridized carbons (Fsp3) is 0.409. The Morgan fingerprint density at radius 2 is 1.71 bits per heavy atom. The van der Waals surface area contributed by atoms with Crippen LogP contribution in [0.5, 0.6) is 0 Å². The van der Waals surface area contributed by atoms with Crippen molar-refractivity contribution in [2.75, 3.05) is 32.8 Å². The molecule has 0 N–H and O–H groups in total. The van der Waals surface area contributed by atoms with E-state index in [1.54, 1.807) is 29.2 Å². The fourth-order valence-electron chi connectivity index (χ4n) is 3.35. The van der Waals surface area contributed by atoms with Crippen molar-refractivity contribution in [3.63, 3.8) is 0 Å². The average Bonchev–Trinajstić information content (AvgIpc) is 2.74. The van der Waals surface area contributed by atoms with E-state index in [1.165, 1.54) is 0 Å². The summed E-state index contributed by atoms with van der Waals surface area (Å²) in [5.41, 5.74) is 1.98. The molecule has 2 aromatic rings. The Hall–Kier alpha value is -2.16. The number of halogens is 5. The molecule has 1 heterocycles. The van der Waals surface area contributed by atoms with Gasteiger partial charge >= 0.3 is 12.3 Å². The predicted octanol–water partition coefficient (Wildman–Crippen LogP) is 4.72. The van der Waals surface area contributed by atoms with Gasteiger partial charge in [0.2, 0.25) is 0 Å². The highest BCUT2D eigenvalue weighted by molar-refractivity contribution is 6.30. The van der Waals surface area contributed by atoms with Crippen LogP contribution in [0.3, 0.4) is 0 Å². The molecule has 0 spiro atoms. The lowest BCUT2D eigenvalue weighted by molar-refractivity contribution is -0.168. The largest absolute Gasteiger partial charge is 0.370 e. The number of hydrogen-bond donors (Lipinski definition) is 0. The number of carbonyl (C=O) groups excluding carboxylic acids is 1. The Morgan fingerprint density at radius 1 is 1.03 bits per heavy atom. The van der Waals surface area contributed by atoms with Crippen LogP contribution in [0.25, 0.3) is 0 Å². The van der Waals surface area contributed by atoms with Crippen LogP contribution in [0.2, 0.25) is 5.02 Å². The van der Waals surface area contributed by atoms with E-state index in [4.69, 9.17) is 16.3 Å². The van der Waals surface area contributed by atoms with Gasteiger partial charge in [-0.3, -0.25) is 9.69 Å². The lowest BCUT2D eigenvalue weighted by Gasteiger charge is -2.35. The Bertz CT molecular complexity index is 889. The third-order valence-electron chi connectivity index (χ3n) is 5.01. The van der Waals surface area contributed by atoms with E-state index in [-0.39, 0.29) is 12.5 Å². The number of hydrogen-bond acceptors (Lipinski definition) is 3. The standard InChI is InChI=1S/C22H23ClF4N2O2/c23-19-6-2-3-16(12-19)13-28-7-9-29(10-8-28)20(30)18-5-1-4-17(11-18)14-31-15-22(26,27)21(24)25/h1-6,11-12,21H,7-10,13-15H2. The summed E-state index contributed by atoms with van der Waals surface area (Å²) < 4.78 is 55.0.